The molecule has 0 aliphatic carbocycles. The van der Waals surface area contributed by atoms with Crippen molar-refractivity contribution in [2.75, 3.05) is 0 Å². The largest absolute Gasteiger partial charge is 0.391 e. The van der Waals surface area contributed by atoms with Gasteiger partial charge < -0.3 is 9.68 Å². The lowest BCUT2D eigenvalue weighted by molar-refractivity contribution is 0.130. The van der Waals surface area contributed by atoms with Gasteiger partial charge in [-0.2, -0.15) is 0 Å². The predicted octanol–water partition coefficient (Wildman–Crippen LogP) is 4.79. The molecular formula is C22H20N2O2. The Morgan fingerprint density at radius 3 is 1.31 bits per heavy atom. The Hall–Kier alpha value is -3.40. The van der Waals surface area contributed by atoms with Gasteiger partial charge in [0.2, 0.25) is 0 Å². The van der Waals surface area contributed by atoms with Crippen LogP contribution < -0.4 is 0 Å². The number of nitrogens with zero attached hydrogens (tertiary/aromatic N) is 2. The van der Waals surface area contributed by atoms with E-state index in [4.69, 9.17) is 9.68 Å². The first-order valence-electron chi connectivity index (χ1n) is 8.39. The number of benzene rings is 3. The molecule has 0 saturated carbocycles. The molecule has 0 aliphatic heterocycles. The maximum Gasteiger partial charge on any atom is 0.142 e. The molecule has 0 atom stereocenters. The minimum absolute atomic E-state index is 0.427. The molecule has 0 spiro atoms. The van der Waals surface area contributed by atoms with E-state index in [2.05, 4.69) is 10.3 Å². The summed E-state index contributed by atoms with van der Waals surface area (Å²) in [5, 5.41) is 7.96. The molecule has 3 aromatic rings. The summed E-state index contributed by atoms with van der Waals surface area (Å²) in [4.78, 5) is 10.7. The number of rotatable bonds is 8. The second-order valence-electron chi connectivity index (χ2n) is 5.65. The molecule has 0 aliphatic rings. The molecule has 26 heavy (non-hydrogen) atoms. The van der Waals surface area contributed by atoms with Gasteiger partial charge in [0, 0.05) is 0 Å². The third kappa shape index (κ3) is 5.91. The standard InChI is InChI=1S/C22H20N2O2/c1-3-7-19(8-4-1)15-23-25-17-21-11-13-22(14-12-21)18-26-24-16-20-9-5-2-6-10-20/h1-16H,17-18H2. The molecule has 0 amide bonds. The van der Waals surface area contributed by atoms with E-state index in [0.717, 1.165) is 22.3 Å². The average Bonchev–Trinajstić information content (AvgIpc) is 2.71. The summed E-state index contributed by atoms with van der Waals surface area (Å²) in [5.41, 5.74) is 4.12. The molecule has 0 radical (unpaired) electrons. The highest BCUT2D eigenvalue weighted by molar-refractivity contribution is 5.79. The first kappa shape index (κ1) is 17.4. The fourth-order valence-corrected chi connectivity index (χ4v) is 2.23. The van der Waals surface area contributed by atoms with Crippen molar-refractivity contribution in [2.45, 2.75) is 13.2 Å². The van der Waals surface area contributed by atoms with E-state index in [1.54, 1.807) is 12.4 Å². The summed E-state index contributed by atoms with van der Waals surface area (Å²) in [7, 11) is 0. The van der Waals surface area contributed by atoms with E-state index in [1.807, 2.05) is 84.9 Å². The fraction of sp³-hybridized carbons (Fsp3) is 0.0909. The van der Waals surface area contributed by atoms with Crippen LogP contribution in [-0.4, -0.2) is 12.4 Å². The Labute approximate surface area is 153 Å². The second kappa shape index (κ2) is 9.79. The van der Waals surface area contributed by atoms with Crippen molar-refractivity contribution in [3.05, 3.63) is 107 Å². The monoisotopic (exact) mass is 344 g/mol. The molecule has 0 N–H and O–H groups in total. The van der Waals surface area contributed by atoms with Crippen LogP contribution in [0.15, 0.2) is 95.2 Å². The average molecular weight is 344 g/mol. The van der Waals surface area contributed by atoms with Crippen LogP contribution in [0.4, 0.5) is 0 Å². The molecule has 4 heteroatoms. The fourth-order valence-electron chi connectivity index (χ4n) is 2.23. The molecular weight excluding hydrogens is 324 g/mol. The highest BCUT2D eigenvalue weighted by Gasteiger charge is 1.96. The number of oxime groups is 2. The summed E-state index contributed by atoms with van der Waals surface area (Å²) >= 11 is 0. The summed E-state index contributed by atoms with van der Waals surface area (Å²) in [6, 6.07) is 27.7. The van der Waals surface area contributed by atoms with Crippen LogP contribution >= 0.6 is 0 Å². The Morgan fingerprint density at radius 2 is 0.923 bits per heavy atom. The van der Waals surface area contributed by atoms with Crippen molar-refractivity contribution < 1.29 is 9.68 Å². The van der Waals surface area contributed by atoms with Gasteiger partial charge >= 0.3 is 0 Å². The Kier molecular flexibility index (Phi) is 6.56. The van der Waals surface area contributed by atoms with Gasteiger partial charge in [-0.05, 0) is 22.3 Å². The zero-order valence-electron chi connectivity index (χ0n) is 14.4. The SMILES string of the molecule is C(=NOCc1ccc(CON=Cc2ccccc2)cc1)c1ccccc1. The normalized spacial score (nSPS) is 11.1. The van der Waals surface area contributed by atoms with Crippen LogP contribution in [0.2, 0.25) is 0 Å². The molecule has 0 aromatic heterocycles. The zero-order valence-corrected chi connectivity index (χ0v) is 14.4. The van der Waals surface area contributed by atoms with Crippen molar-refractivity contribution in [1.29, 1.82) is 0 Å². The lowest BCUT2D eigenvalue weighted by Crippen LogP contribution is -1.91. The number of hydrogen-bond donors (Lipinski definition) is 0. The topological polar surface area (TPSA) is 43.2 Å². The summed E-state index contributed by atoms with van der Waals surface area (Å²) in [5.74, 6) is 0. The van der Waals surface area contributed by atoms with E-state index < -0.39 is 0 Å². The lowest BCUT2D eigenvalue weighted by Gasteiger charge is -2.03. The van der Waals surface area contributed by atoms with Gasteiger partial charge in [-0.25, -0.2) is 0 Å². The number of hydrogen-bond acceptors (Lipinski definition) is 4. The molecule has 0 heterocycles. The van der Waals surface area contributed by atoms with Gasteiger partial charge in [0.15, 0.2) is 0 Å². The van der Waals surface area contributed by atoms with Gasteiger partial charge in [-0.1, -0.05) is 95.2 Å². The first-order chi connectivity index (χ1) is 12.9. The van der Waals surface area contributed by atoms with E-state index in [1.165, 1.54) is 0 Å². The van der Waals surface area contributed by atoms with Crippen molar-refractivity contribution >= 4 is 12.4 Å². The first-order valence-corrected chi connectivity index (χ1v) is 8.39. The third-order valence-electron chi connectivity index (χ3n) is 3.64. The van der Waals surface area contributed by atoms with Crippen molar-refractivity contribution in [1.82, 2.24) is 0 Å². The van der Waals surface area contributed by atoms with Gasteiger partial charge in [-0.15, -0.1) is 0 Å². The van der Waals surface area contributed by atoms with E-state index in [-0.39, 0.29) is 0 Å². The predicted molar refractivity (Wildman–Crippen MR) is 104 cm³/mol. The van der Waals surface area contributed by atoms with Crippen LogP contribution in [0.25, 0.3) is 0 Å². The van der Waals surface area contributed by atoms with E-state index in [9.17, 15) is 0 Å². The Balaban J connectivity index is 1.40. The molecule has 0 unspecified atom stereocenters. The molecule has 0 saturated heterocycles. The summed E-state index contributed by atoms with van der Waals surface area (Å²) in [6.07, 6.45) is 3.40. The van der Waals surface area contributed by atoms with Gasteiger partial charge in [0.05, 0.1) is 12.4 Å². The van der Waals surface area contributed by atoms with Crippen LogP contribution in [0.3, 0.4) is 0 Å². The van der Waals surface area contributed by atoms with Crippen molar-refractivity contribution in [3.8, 4) is 0 Å². The highest BCUT2D eigenvalue weighted by atomic mass is 16.6. The van der Waals surface area contributed by atoms with Gasteiger partial charge in [-0.3, -0.25) is 0 Å². The highest BCUT2D eigenvalue weighted by Crippen LogP contribution is 2.08. The van der Waals surface area contributed by atoms with Crippen LogP contribution in [0.5, 0.6) is 0 Å². The van der Waals surface area contributed by atoms with Crippen LogP contribution in [0, 0.1) is 0 Å². The minimum atomic E-state index is 0.427. The zero-order chi connectivity index (χ0) is 17.9. The molecule has 0 bridgehead atoms. The maximum atomic E-state index is 5.33. The van der Waals surface area contributed by atoms with Crippen LogP contribution in [0.1, 0.15) is 22.3 Å². The third-order valence-corrected chi connectivity index (χ3v) is 3.64. The molecule has 130 valence electrons. The van der Waals surface area contributed by atoms with E-state index >= 15 is 0 Å². The summed E-state index contributed by atoms with van der Waals surface area (Å²) in [6.45, 7) is 0.854. The smallest absolute Gasteiger partial charge is 0.142 e. The Morgan fingerprint density at radius 1 is 0.538 bits per heavy atom. The van der Waals surface area contributed by atoms with Crippen LogP contribution in [-0.2, 0) is 22.9 Å². The maximum absolute atomic E-state index is 5.33. The second-order valence-corrected chi connectivity index (χ2v) is 5.65. The molecule has 4 nitrogen and oxygen atoms in total. The summed E-state index contributed by atoms with van der Waals surface area (Å²) < 4.78 is 0. The molecule has 3 rings (SSSR count). The van der Waals surface area contributed by atoms with E-state index in [0.29, 0.717) is 13.2 Å². The van der Waals surface area contributed by atoms with Crippen molar-refractivity contribution in [3.63, 3.8) is 0 Å². The van der Waals surface area contributed by atoms with Gasteiger partial charge in [0.25, 0.3) is 0 Å². The van der Waals surface area contributed by atoms with Crippen molar-refractivity contribution in [2.24, 2.45) is 10.3 Å². The van der Waals surface area contributed by atoms with Gasteiger partial charge in [0.1, 0.15) is 13.2 Å². The molecule has 0 fully saturated rings. The Bertz CT molecular complexity index is 757. The quantitative estimate of drug-likeness (QED) is 0.436. The minimum Gasteiger partial charge on any atom is -0.391 e. The lowest BCUT2D eigenvalue weighted by atomic mass is 10.1. The molecule has 3 aromatic carbocycles.